The molecule has 104 valence electrons. The third-order valence-corrected chi connectivity index (χ3v) is 3.39. The largest absolute Gasteiger partial charge is 0.489 e. The summed E-state index contributed by atoms with van der Waals surface area (Å²) < 4.78 is 6.50. The summed E-state index contributed by atoms with van der Waals surface area (Å²) in [6.07, 6.45) is 0. The fraction of sp³-hybridized carbons (Fsp3) is 0.0769. The molecule has 0 atom stereocenters. The zero-order valence-electron chi connectivity index (χ0n) is 10.4. The normalized spacial score (nSPS) is 10.1. The number of nitro benzene ring substituents is 1. The summed E-state index contributed by atoms with van der Waals surface area (Å²) in [7, 11) is 0. The molecule has 0 amide bonds. The maximum Gasteiger partial charge on any atom is 0.275 e. The third kappa shape index (κ3) is 3.46. The first-order valence-electron chi connectivity index (χ1n) is 5.72. The average molecular weight is 338 g/mol. The lowest BCUT2D eigenvalue weighted by molar-refractivity contribution is -0.384. The Morgan fingerprint density at radius 1 is 1.30 bits per heavy atom. The molecular formula is C13H12BrN3O3. The zero-order chi connectivity index (χ0) is 14.5. The van der Waals surface area contributed by atoms with Crippen LogP contribution in [-0.4, -0.2) is 4.92 Å². The van der Waals surface area contributed by atoms with Crippen LogP contribution in [0, 0.1) is 10.1 Å². The van der Waals surface area contributed by atoms with Crippen LogP contribution < -0.4 is 16.0 Å². The summed E-state index contributed by atoms with van der Waals surface area (Å²) in [5.41, 5.74) is 3.66. The van der Waals surface area contributed by atoms with Crippen LogP contribution in [0.3, 0.4) is 0 Å². The van der Waals surface area contributed by atoms with E-state index in [-0.39, 0.29) is 5.69 Å². The van der Waals surface area contributed by atoms with Crippen LogP contribution in [0.2, 0.25) is 0 Å². The first-order valence-corrected chi connectivity index (χ1v) is 6.52. The monoisotopic (exact) mass is 337 g/mol. The van der Waals surface area contributed by atoms with E-state index in [0.717, 1.165) is 10.0 Å². The van der Waals surface area contributed by atoms with Crippen molar-refractivity contribution in [2.45, 2.75) is 6.61 Å². The third-order valence-electron chi connectivity index (χ3n) is 2.62. The van der Waals surface area contributed by atoms with Crippen molar-refractivity contribution < 1.29 is 9.66 Å². The topological polar surface area (TPSA) is 90.4 Å². The fourth-order valence-corrected chi connectivity index (χ4v) is 2.03. The molecule has 0 aliphatic heterocycles. The number of ether oxygens (including phenoxy) is 1. The number of rotatable bonds is 5. The van der Waals surface area contributed by atoms with Crippen LogP contribution in [0.15, 0.2) is 46.9 Å². The molecule has 3 N–H and O–H groups in total. The van der Waals surface area contributed by atoms with Crippen molar-refractivity contribution in [2.24, 2.45) is 5.84 Å². The minimum absolute atomic E-state index is 0.0809. The highest BCUT2D eigenvalue weighted by Gasteiger charge is 2.10. The molecular weight excluding hydrogens is 326 g/mol. The van der Waals surface area contributed by atoms with Crippen LogP contribution in [0.5, 0.6) is 5.75 Å². The standard InChI is InChI=1S/C13H12BrN3O3/c14-13-4-2-1-3-9(13)8-20-12-6-10(16-15)5-11(7-12)17(18)19/h1-7,16H,8,15H2. The van der Waals surface area contributed by atoms with Crippen molar-refractivity contribution in [3.63, 3.8) is 0 Å². The Balaban J connectivity index is 2.19. The second-order valence-corrected chi connectivity index (χ2v) is 4.85. The lowest BCUT2D eigenvalue weighted by Crippen LogP contribution is -2.07. The van der Waals surface area contributed by atoms with Crippen molar-refractivity contribution in [1.82, 2.24) is 0 Å². The molecule has 2 aromatic carbocycles. The number of halogens is 1. The molecule has 0 saturated heterocycles. The summed E-state index contributed by atoms with van der Waals surface area (Å²) >= 11 is 3.42. The molecule has 2 aromatic rings. The Hall–Kier alpha value is -2.12. The quantitative estimate of drug-likeness (QED) is 0.496. The van der Waals surface area contributed by atoms with E-state index in [1.165, 1.54) is 12.1 Å². The minimum Gasteiger partial charge on any atom is -0.489 e. The summed E-state index contributed by atoms with van der Waals surface area (Å²) in [6.45, 7) is 0.298. The van der Waals surface area contributed by atoms with Crippen molar-refractivity contribution in [1.29, 1.82) is 0 Å². The Labute approximate surface area is 123 Å². The maximum absolute atomic E-state index is 10.8. The van der Waals surface area contributed by atoms with Gasteiger partial charge in [0.15, 0.2) is 0 Å². The average Bonchev–Trinajstić information content (AvgIpc) is 2.46. The van der Waals surface area contributed by atoms with E-state index in [1.807, 2.05) is 24.3 Å². The molecule has 0 aromatic heterocycles. The molecule has 0 heterocycles. The van der Waals surface area contributed by atoms with Crippen LogP contribution >= 0.6 is 15.9 Å². The number of nitro groups is 1. The van der Waals surface area contributed by atoms with E-state index in [0.29, 0.717) is 18.0 Å². The fourth-order valence-electron chi connectivity index (χ4n) is 1.63. The second-order valence-electron chi connectivity index (χ2n) is 4.00. The molecule has 0 unspecified atom stereocenters. The summed E-state index contributed by atoms with van der Waals surface area (Å²) in [5, 5.41) is 10.8. The highest BCUT2D eigenvalue weighted by molar-refractivity contribution is 9.10. The molecule has 0 fully saturated rings. The van der Waals surface area contributed by atoms with Gasteiger partial charge in [-0.15, -0.1) is 0 Å². The number of nitrogens with one attached hydrogen (secondary N) is 1. The number of benzene rings is 2. The molecule has 0 saturated carbocycles. The van der Waals surface area contributed by atoms with E-state index in [2.05, 4.69) is 21.4 Å². The van der Waals surface area contributed by atoms with Crippen LogP contribution in [0.4, 0.5) is 11.4 Å². The van der Waals surface area contributed by atoms with Gasteiger partial charge < -0.3 is 10.2 Å². The molecule has 0 spiro atoms. The van der Waals surface area contributed by atoms with Gasteiger partial charge in [-0.25, -0.2) is 0 Å². The number of nitrogens with two attached hydrogens (primary N) is 1. The van der Waals surface area contributed by atoms with Gasteiger partial charge in [-0.3, -0.25) is 16.0 Å². The van der Waals surface area contributed by atoms with Crippen molar-refractivity contribution >= 4 is 27.3 Å². The summed E-state index contributed by atoms with van der Waals surface area (Å²) in [5.74, 6) is 5.66. The molecule has 6 nitrogen and oxygen atoms in total. The van der Waals surface area contributed by atoms with E-state index < -0.39 is 4.92 Å². The molecule has 7 heteroatoms. The van der Waals surface area contributed by atoms with Gasteiger partial charge in [0.2, 0.25) is 0 Å². The lowest BCUT2D eigenvalue weighted by Gasteiger charge is -2.09. The second kappa shape index (κ2) is 6.36. The van der Waals surface area contributed by atoms with Gasteiger partial charge in [0, 0.05) is 22.2 Å². The first-order chi connectivity index (χ1) is 9.60. The van der Waals surface area contributed by atoms with E-state index in [1.54, 1.807) is 6.07 Å². The Morgan fingerprint density at radius 2 is 2.05 bits per heavy atom. The predicted octanol–water partition coefficient (Wildman–Crippen LogP) is 3.22. The minimum atomic E-state index is -0.494. The number of hydrogen-bond acceptors (Lipinski definition) is 5. The highest BCUT2D eigenvalue weighted by atomic mass is 79.9. The van der Waals surface area contributed by atoms with Gasteiger partial charge in [-0.05, 0) is 6.07 Å². The predicted molar refractivity (Wildman–Crippen MR) is 79.4 cm³/mol. The summed E-state index contributed by atoms with van der Waals surface area (Å²) in [6, 6.07) is 11.9. The zero-order valence-corrected chi connectivity index (χ0v) is 12.0. The van der Waals surface area contributed by atoms with E-state index >= 15 is 0 Å². The highest BCUT2D eigenvalue weighted by Crippen LogP contribution is 2.27. The smallest absolute Gasteiger partial charge is 0.275 e. The van der Waals surface area contributed by atoms with Crippen molar-refractivity contribution in [2.75, 3.05) is 5.43 Å². The first kappa shape index (κ1) is 14.3. The number of nitrogens with zero attached hydrogens (tertiary/aromatic N) is 1. The van der Waals surface area contributed by atoms with E-state index in [4.69, 9.17) is 10.6 Å². The van der Waals surface area contributed by atoms with Crippen LogP contribution in [-0.2, 0) is 6.61 Å². The molecule has 0 bridgehead atoms. The number of anilines is 1. The number of hydrazine groups is 1. The van der Waals surface area contributed by atoms with Gasteiger partial charge in [-0.2, -0.15) is 0 Å². The maximum atomic E-state index is 10.8. The van der Waals surface area contributed by atoms with Gasteiger partial charge in [0.05, 0.1) is 16.7 Å². The van der Waals surface area contributed by atoms with Crippen molar-refractivity contribution in [3.8, 4) is 5.75 Å². The molecule has 20 heavy (non-hydrogen) atoms. The molecule has 0 aliphatic rings. The number of hydrogen-bond donors (Lipinski definition) is 2. The Bertz CT molecular complexity index is 634. The van der Waals surface area contributed by atoms with Gasteiger partial charge >= 0.3 is 0 Å². The van der Waals surface area contributed by atoms with Crippen LogP contribution in [0.25, 0.3) is 0 Å². The Kier molecular flexibility index (Phi) is 4.54. The number of nitrogen functional groups attached to an aromatic ring is 1. The summed E-state index contributed by atoms with van der Waals surface area (Å²) in [4.78, 5) is 10.3. The SMILES string of the molecule is NNc1cc(OCc2ccccc2Br)cc([N+](=O)[O-])c1. The lowest BCUT2D eigenvalue weighted by atomic mass is 10.2. The molecule has 0 radical (unpaired) electrons. The van der Waals surface area contributed by atoms with E-state index in [9.17, 15) is 10.1 Å². The van der Waals surface area contributed by atoms with Crippen molar-refractivity contribution in [3.05, 3.63) is 62.6 Å². The van der Waals surface area contributed by atoms with Gasteiger partial charge in [-0.1, -0.05) is 34.1 Å². The van der Waals surface area contributed by atoms with Gasteiger partial charge in [0.1, 0.15) is 12.4 Å². The molecule has 0 aliphatic carbocycles. The molecule has 2 rings (SSSR count). The van der Waals surface area contributed by atoms with Crippen LogP contribution in [0.1, 0.15) is 5.56 Å². The number of non-ortho nitro benzene ring substituents is 1. The Morgan fingerprint density at radius 3 is 2.70 bits per heavy atom. The van der Waals surface area contributed by atoms with Gasteiger partial charge in [0.25, 0.3) is 5.69 Å².